The van der Waals surface area contributed by atoms with Crippen molar-refractivity contribution in [1.29, 1.82) is 0 Å². The van der Waals surface area contributed by atoms with Gasteiger partial charge in [-0.25, -0.2) is 0 Å². The predicted molar refractivity (Wildman–Crippen MR) is 62.2 cm³/mol. The highest BCUT2D eigenvalue weighted by Gasteiger charge is 2.12. The Morgan fingerprint density at radius 1 is 1.67 bits per heavy atom. The molecule has 2 heterocycles. The molecule has 3 nitrogen and oxygen atoms in total. The van der Waals surface area contributed by atoms with Gasteiger partial charge in [0.05, 0.1) is 11.1 Å². The Kier molecular flexibility index (Phi) is 3.12. The molecule has 82 valence electrons. The van der Waals surface area contributed by atoms with Gasteiger partial charge < -0.3 is 5.32 Å². The summed E-state index contributed by atoms with van der Waals surface area (Å²) in [6.45, 7) is 3.86. The molecule has 0 bridgehead atoms. The quantitative estimate of drug-likeness (QED) is 0.609. The maximum absolute atomic E-state index is 6.05. The van der Waals surface area contributed by atoms with E-state index in [-0.39, 0.29) is 5.38 Å². The molecule has 0 amide bonds. The van der Waals surface area contributed by atoms with Gasteiger partial charge in [0.25, 0.3) is 0 Å². The van der Waals surface area contributed by atoms with Crippen LogP contribution in [0.15, 0.2) is 17.7 Å². The summed E-state index contributed by atoms with van der Waals surface area (Å²) < 4.78 is 1.91. The number of nitrogens with zero attached hydrogens (tertiary/aromatic N) is 2. The van der Waals surface area contributed by atoms with E-state index < -0.39 is 0 Å². The van der Waals surface area contributed by atoms with Crippen LogP contribution in [0, 0.1) is 6.92 Å². The van der Waals surface area contributed by atoms with E-state index >= 15 is 0 Å². The van der Waals surface area contributed by atoms with Crippen molar-refractivity contribution in [2.45, 2.75) is 18.7 Å². The van der Waals surface area contributed by atoms with Crippen LogP contribution >= 0.6 is 11.6 Å². The molecule has 0 aliphatic carbocycles. The Morgan fingerprint density at radius 3 is 3.07 bits per heavy atom. The number of halogens is 1. The fourth-order valence-electron chi connectivity index (χ4n) is 1.82. The molecule has 1 aromatic rings. The number of aromatic nitrogens is 2. The minimum absolute atomic E-state index is 0.124. The Morgan fingerprint density at radius 2 is 2.47 bits per heavy atom. The number of rotatable bonds is 2. The summed E-state index contributed by atoms with van der Waals surface area (Å²) in [5.74, 6) is 0. The third-order valence-corrected chi connectivity index (χ3v) is 2.96. The van der Waals surface area contributed by atoms with Gasteiger partial charge in [0.2, 0.25) is 0 Å². The molecule has 1 aliphatic rings. The zero-order valence-electron chi connectivity index (χ0n) is 9.13. The fraction of sp³-hybridized carbons (Fsp3) is 0.545. The molecular formula is C11H16ClN3. The summed E-state index contributed by atoms with van der Waals surface area (Å²) in [5, 5.41) is 7.85. The van der Waals surface area contributed by atoms with E-state index in [2.05, 4.69) is 29.5 Å². The van der Waals surface area contributed by atoms with Crippen molar-refractivity contribution in [1.82, 2.24) is 15.1 Å². The van der Waals surface area contributed by atoms with E-state index in [0.29, 0.717) is 0 Å². The first-order chi connectivity index (χ1) is 7.15. The molecule has 4 heteroatoms. The lowest BCUT2D eigenvalue weighted by molar-refractivity contribution is 0.683. The lowest BCUT2D eigenvalue weighted by atomic mass is 10.1. The summed E-state index contributed by atoms with van der Waals surface area (Å²) >= 11 is 6.05. The van der Waals surface area contributed by atoms with Gasteiger partial charge in [-0.2, -0.15) is 5.10 Å². The van der Waals surface area contributed by atoms with E-state index in [1.54, 1.807) is 0 Å². The Balaban J connectivity index is 2.08. The second-order valence-electron chi connectivity index (χ2n) is 4.05. The fourth-order valence-corrected chi connectivity index (χ4v) is 2.11. The average Bonchev–Trinajstić information content (AvgIpc) is 2.45. The number of hydrogen-bond donors (Lipinski definition) is 1. The maximum Gasteiger partial charge on any atom is 0.0668 e. The molecule has 0 spiro atoms. The zero-order chi connectivity index (χ0) is 10.8. The van der Waals surface area contributed by atoms with E-state index in [1.807, 2.05) is 11.7 Å². The summed E-state index contributed by atoms with van der Waals surface area (Å²) in [6.07, 6.45) is 3.04. The van der Waals surface area contributed by atoms with Gasteiger partial charge in [-0.3, -0.25) is 4.68 Å². The van der Waals surface area contributed by atoms with Gasteiger partial charge in [-0.1, -0.05) is 11.6 Å². The first-order valence-electron chi connectivity index (χ1n) is 5.19. The molecule has 1 unspecified atom stereocenters. The first kappa shape index (κ1) is 10.7. The number of alkyl halides is 1. The Bertz CT molecular complexity index is 362. The van der Waals surface area contributed by atoms with Crippen LogP contribution in [-0.2, 0) is 13.5 Å². The first-order valence-corrected chi connectivity index (χ1v) is 5.62. The molecule has 0 saturated heterocycles. The van der Waals surface area contributed by atoms with E-state index in [0.717, 1.165) is 25.2 Å². The zero-order valence-corrected chi connectivity index (χ0v) is 9.88. The third kappa shape index (κ3) is 2.61. The van der Waals surface area contributed by atoms with Crippen LogP contribution in [0.2, 0.25) is 0 Å². The molecular weight excluding hydrogens is 210 g/mol. The highest BCUT2D eigenvalue weighted by atomic mass is 35.5. The molecule has 0 saturated carbocycles. The van der Waals surface area contributed by atoms with Crippen molar-refractivity contribution in [3.05, 3.63) is 29.1 Å². The lowest BCUT2D eigenvalue weighted by Crippen LogP contribution is -2.30. The summed E-state index contributed by atoms with van der Waals surface area (Å²) in [7, 11) is 1.97. The van der Waals surface area contributed by atoms with Crippen LogP contribution in [0.1, 0.15) is 11.4 Å². The second-order valence-corrected chi connectivity index (χ2v) is 4.61. The molecule has 1 N–H and O–H groups in total. The predicted octanol–water partition coefficient (Wildman–Crippen LogP) is 1.41. The highest BCUT2D eigenvalue weighted by Crippen LogP contribution is 2.13. The summed E-state index contributed by atoms with van der Waals surface area (Å²) in [6, 6.07) is 2.12. The minimum atomic E-state index is 0.124. The average molecular weight is 226 g/mol. The van der Waals surface area contributed by atoms with Crippen LogP contribution in [0.3, 0.4) is 0 Å². The number of aryl methyl sites for hydroxylation is 2. The van der Waals surface area contributed by atoms with Crippen molar-refractivity contribution in [2.75, 3.05) is 13.1 Å². The van der Waals surface area contributed by atoms with Crippen molar-refractivity contribution in [3.8, 4) is 0 Å². The SMILES string of the molecule is Cc1cc(CC2=CC(Cl)CNC2)nn1C. The maximum atomic E-state index is 6.05. The molecule has 1 aliphatic heterocycles. The number of hydrogen-bond acceptors (Lipinski definition) is 2. The smallest absolute Gasteiger partial charge is 0.0668 e. The van der Waals surface area contributed by atoms with Gasteiger partial charge in [-0.15, -0.1) is 11.6 Å². The van der Waals surface area contributed by atoms with Gasteiger partial charge in [0, 0.05) is 32.3 Å². The van der Waals surface area contributed by atoms with E-state index in [4.69, 9.17) is 11.6 Å². The lowest BCUT2D eigenvalue weighted by Gasteiger charge is -2.17. The van der Waals surface area contributed by atoms with E-state index in [1.165, 1.54) is 11.3 Å². The summed E-state index contributed by atoms with van der Waals surface area (Å²) in [5.41, 5.74) is 3.64. The Labute approximate surface area is 95.1 Å². The third-order valence-electron chi connectivity index (χ3n) is 2.68. The molecule has 1 atom stereocenters. The van der Waals surface area contributed by atoms with Crippen LogP contribution in [0.4, 0.5) is 0 Å². The highest BCUT2D eigenvalue weighted by molar-refractivity contribution is 6.22. The standard InChI is InChI=1S/C11H16ClN3/c1-8-3-11(14-15(8)2)5-9-4-10(12)7-13-6-9/h3-4,10,13H,5-7H2,1-2H3. The minimum Gasteiger partial charge on any atom is -0.311 e. The van der Waals surface area contributed by atoms with Gasteiger partial charge >= 0.3 is 0 Å². The van der Waals surface area contributed by atoms with Crippen LogP contribution in [0.25, 0.3) is 0 Å². The van der Waals surface area contributed by atoms with Crippen molar-refractivity contribution in [3.63, 3.8) is 0 Å². The van der Waals surface area contributed by atoms with Crippen molar-refractivity contribution < 1.29 is 0 Å². The van der Waals surface area contributed by atoms with Crippen molar-refractivity contribution in [2.24, 2.45) is 7.05 Å². The molecule has 1 aromatic heterocycles. The topological polar surface area (TPSA) is 29.9 Å². The van der Waals surface area contributed by atoms with Crippen LogP contribution < -0.4 is 5.32 Å². The van der Waals surface area contributed by atoms with Crippen LogP contribution in [0.5, 0.6) is 0 Å². The molecule has 15 heavy (non-hydrogen) atoms. The van der Waals surface area contributed by atoms with E-state index in [9.17, 15) is 0 Å². The van der Waals surface area contributed by atoms with Gasteiger partial charge in [0.1, 0.15) is 0 Å². The Hall–Kier alpha value is -0.800. The molecule has 0 fully saturated rings. The largest absolute Gasteiger partial charge is 0.311 e. The van der Waals surface area contributed by atoms with Gasteiger partial charge in [0.15, 0.2) is 0 Å². The summed E-state index contributed by atoms with van der Waals surface area (Å²) in [4.78, 5) is 0. The molecule has 2 rings (SSSR count). The number of nitrogens with one attached hydrogen (secondary N) is 1. The second kappa shape index (κ2) is 4.37. The van der Waals surface area contributed by atoms with Gasteiger partial charge in [-0.05, 0) is 13.0 Å². The van der Waals surface area contributed by atoms with Crippen LogP contribution in [-0.4, -0.2) is 28.2 Å². The normalized spacial score (nSPS) is 21.5. The monoisotopic (exact) mass is 225 g/mol. The molecule has 0 aromatic carbocycles. The van der Waals surface area contributed by atoms with Crippen molar-refractivity contribution >= 4 is 11.6 Å². The molecule has 0 radical (unpaired) electrons.